The van der Waals surface area contributed by atoms with Crippen molar-refractivity contribution in [3.8, 4) is 11.3 Å². The molecule has 0 unspecified atom stereocenters. The van der Waals surface area contributed by atoms with Gasteiger partial charge < -0.3 is 29.9 Å². The SMILES string of the molecule is CNC(=O)c1cc(Nc2nc(-c3ccc4c(c3)N([C@H]3C[C@@H](N5CCCCC5)C3)C(=O)C43CCN(C(=O)C4(C)CC4)CC3)cc3ncn(C4CC4)c23)ccc1C. The first-order valence-corrected chi connectivity index (χ1v) is 20.7. The van der Waals surface area contributed by atoms with Gasteiger partial charge >= 0.3 is 0 Å². The van der Waals surface area contributed by atoms with Crippen LogP contribution in [-0.4, -0.2) is 87.4 Å². The fourth-order valence-electron chi connectivity index (χ4n) is 9.96. The number of hydrogen-bond acceptors (Lipinski definition) is 7. The highest BCUT2D eigenvalue weighted by Gasteiger charge is 2.57. The first-order chi connectivity index (χ1) is 26.7. The highest BCUT2D eigenvalue weighted by Crippen LogP contribution is 2.53. The number of carbonyl (C=O) groups excluding carboxylic acids is 3. The molecule has 3 saturated carbocycles. The van der Waals surface area contributed by atoms with E-state index in [-0.39, 0.29) is 29.2 Å². The molecular formula is C44H52N8O3. The molecule has 2 saturated heterocycles. The molecule has 6 aliphatic rings. The second kappa shape index (κ2) is 12.9. The van der Waals surface area contributed by atoms with Gasteiger partial charge in [-0.25, -0.2) is 9.97 Å². The van der Waals surface area contributed by atoms with Gasteiger partial charge in [-0.2, -0.15) is 0 Å². The van der Waals surface area contributed by atoms with Gasteiger partial charge in [-0.1, -0.05) is 31.5 Å². The molecule has 2 N–H and O–H groups in total. The zero-order valence-electron chi connectivity index (χ0n) is 32.4. The third-order valence-electron chi connectivity index (χ3n) is 13.9. The van der Waals surface area contributed by atoms with Crippen molar-refractivity contribution in [1.29, 1.82) is 0 Å². The molecule has 286 valence electrons. The number of amides is 3. The van der Waals surface area contributed by atoms with Crippen molar-refractivity contribution in [2.75, 3.05) is 43.4 Å². The van der Waals surface area contributed by atoms with E-state index in [0.717, 1.165) is 96.4 Å². The summed E-state index contributed by atoms with van der Waals surface area (Å²) in [7, 11) is 1.65. The van der Waals surface area contributed by atoms with Crippen LogP contribution in [0.4, 0.5) is 17.2 Å². The van der Waals surface area contributed by atoms with Gasteiger partial charge in [0.15, 0.2) is 5.82 Å². The molecule has 0 radical (unpaired) electrons. The van der Waals surface area contributed by atoms with E-state index in [9.17, 15) is 14.4 Å². The lowest BCUT2D eigenvalue weighted by Gasteiger charge is -2.48. The Balaban J connectivity index is 1.02. The minimum absolute atomic E-state index is 0.130. The Kier molecular flexibility index (Phi) is 8.14. The molecule has 1 spiro atoms. The fraction of sp³-hybridized carbons (Fsp3) is 0.523. The first kappa shape index (κ1) is 34.7. The van der Waals surface area contributed by atoms with Gasteiger partial charge in [-0.15, -0.1) is 0 Å². The maximum Gasteiger partial charge on any atom is 0.251 e. The Morgan fingerprint density at radius 3 is 2.35 bits per heavy atom. The molecular weight excluding hydrogens is 689 g/mol. The van der Waals surface area contributed by atoms with Crippen LogP contribution in [0.25, 0.3) is 22.3 Å². The smallest absolute Gasteiger partial charge is 0.251 e. The van der Waals surface area contributed by atoms with Crippen molar-refractivity contribution in [3.63, 3.8) is 0 Å². The summed E-state index contributed by atoms with van der Waals surface area (Å²) in [4.78, 5) is 58.0. The molecule has 3 aliphatic carbocycles. The van der Waals surface area contributed by atoms with E-state index in [4.69, 9.17) is 9.97 Å². The van der Waals surface area contributed by atoms with E-state index in [1.807, 2.05) is 36.4 Å². The van der Waals surface area contributed by atoms with Crippen LogP contribution in [0.2, 0.25) is 0 Å². The number of hydrogen-bond donors (Lipinski definition) is 2. The van der Waals surface area contributed by atoms with Gasteiger partial charge in [0.2, 0.25) is 11.8 Å². The number of carbonyl (C=O) groups is 3. The molecule has 11 heteroatoms. The second-order valence-electron chi connectivity index (χ2n) is 17.6. The van der Waals surface area contributed by atoms with Gasteiger partial charge in [0.25, 0.3) is 5.91 Å². The summed E-state index contributed by atoms with van der Waals surface area (Å²) in [6.07, 6.45) is 13.2. The minimum Gasteiger partial charge on any atom is -0.355 e. The monoisotopic (exact) mass is 740 g/mol. The molecule has 3 aliphatic heterocycles. The highest BCUT2D eigenvalue weighted by atomic mass is 16.2. The van der Waals surface area contributed by atoms with E-state index < -0.39 is 5.41 Å². The summed E-state index contributed by atoms with van der Waals surface area (Å²) in [5.41, 5.74) is 7.10. The van der Waals surface area contributed by atoms with E-state index in [1.165, 1.54) is 19.3 Å². The van der Waals surface area contributed by atoms with Crippen molar-refractivity contribution >= 4 is 45.9 Å². The Morgan fingerprint density at radius 1 is 0.873 bits per heavy atom. The number of aryl methyl sites for hydroxylation is 1. The minimum atomic E-state index is -0.619. The lowest BCUT2D eigenvalue weighted by Crippen LogP contribution is -2.58. The third kappa shape index (κ3) is 5.75. The molecule has 2 aromatic carbocycles. The van der Waals surface area contributed by atoms with E-state index >= 15 is 0 Å². The third-order valence-corrected chi connectivity index (χ3v) is 13.9. The van der Waals surface area contributed by atoms with E-state index in [0.29, 0.717) is 49.4 Å². The van der Waals surface area contributed by atoms with Crippen LogP contribution in [0.1, 0.15) is 105 Å². The molecule has 11 nitrogen and oxygen atoms in total. The molecule has 0 atom stereocenters. The molecule has 2 aromatic heterocycles. The topological polar surface area (TPSA) is 116 Å². The van der Waals surface area contributed by atoms with Gasteiger partial charge in [0.05, 0.1) is 23.0 Å². The molecule has 3 amide bonds. The number of nitrogens with one attached hydrogen (secondary N) is 2. The van der Waals surface area contributed by atoms with Gasteiger partial charge in [0, 0.05) is 66.2 Å². The van der Waals surface area contributed by atoms with Crippen molar-refractivity contribution in [2.24, 2.45) is 5.41 Å². The number of benzene rings is 2. The average Bonchev–Trinajstić information content (AvgIpc) is 4.12. The average molecular weight is 741 g/mol. The molecule has 5 heterocycles. The van der Waals surface area contributed by atoms with Crippen molar-refractivity contribution < 1.29 is 14.4 Å². The van der Waals surface area contributed by atoms with Crippen LogP contribution >= 0.6 is 0 Å². The number of imidazole rings is 1. The van der Waals surface area contributed by atoms with Gasteiger partial charge in [0.1, 0.15) is 5.52 Å². The number of piperidine rings is 2. The van der Waals surface area contributed by atoms with Crippen LogP contribution in [0, 0.1) is 12.3 Å². The number of nitrogens with zero attached hydrogens (tertiary/aromatic N) is 6. The lowest BCUT2D eigenvalue weighted by molar-refractivity contribution is -0.140. The van der Waals surface area contributed by atoms with Gasteiger partial charge in [-0.3, -0.25) is 14.4 Å². The van der Waals surface area contributed by atoms with Gasteiger partial charge in [-0.05, 0) is 120 Å². The van der Waals surface area contributed by atoms with Crippen LogP contribution in [0.15, 0.2) is 48.8 Å². The highest BCUT2D eigenvalue weighted by molar-refractivity contribution is 6.09. The van der Waals surface area contributed by atoms with Crippen LogP contribution in [0.3, 0.4) is 0 Å². The zero-order chi connectivity index (χ0) is 37.6. The number of fused-ring (bicyclic) bond motifs is 3. The van der Waals surface area contributed by atoms with E-state index in [1.54, 1.807) is 7.05 Å². The maximum absolute atomic E-state index is 15.0. The molecule has 5 fully saturated rings. The van der Waals surface area contributed by atoms with E-state index in [2.05, 4.69) is 56.2 Å². The Labute approximate surface area is 322 Å². The number of aromatic nitrogens is 3. The molecule has 4 aromatic rings. The number of pyridine rings is 1. The first-order valence-electron chi connectivity index (χ1n) is 20.7. The maximum atomic E-state index is 15.0. The summed E-state index contributed by atoms with van der Waals surface area (Å²) in [6.45, 7) is 7.58. The predicted octanol–water partition coefficient (Wildman–Crippen LogP) is 6.87. The summed E-state index contributed by atoms with van der Waals surface area (Å²) in [6, 6.07) is 15.5. The standard InChI is InChI=1S/C44H52N8O3/c1-27-7-9-29(22-33(27)40(53)45-3)47-39-38-36(46-26-51(38)30-10-11-30)25-35(48-39)28-8-12-34-37(21-28)52(32-23-31(24-32)49-17-5-4-6-18-49)42(55)44(34)15-19-50(20-16-44)41(54)43(2)13-14-43/h7-9,12,21-22,25-26,30-32H,4-6,10-11,13-20,23-24H2,1-3H3,(H,45,53)(H,47,48)/t31-,32+. The Morgan fingerprint density at radius 2 is 1.64 bits per heavy atom. The number of rotatable bonds is 8. The van der Waals surface area contributed by atoms with Crippen LogP contribution < -0.4 is 15.5 Å². The number of likely N-dealkylation sites (tertiary alicyclic amines) is 2. The predicted molar refractivity (Wildman–Crippen MR) is 214 cm³/mol. The fourth-order valence-corrected chi connectivity index (χ4v) is 9.96. The normalized spacial score (nSPS) is 24.2. The summed E-state index contributed by atoms with van der Waals surface area (Å²) in [5.74, 6) is 1.04. The van der Waals surface area contributed by atoms with Crippen LogP contribution in [-0.2, 0) is 15.0 Å². The number of anilines is 3. The summed E-state index contributed by atoms with van der Waals surface area (Å²) in [5, 5.41) is 6.33. The van der Waals surface area contributed by atoms with Crippen molar-refractivity contribution in [1.82, 2.24) is 29.7 Å². The second-order valence-corrected chi connectivity index (χ2v) is 17.6. The molecule has 10 rings (SSSR count). The Hall–Kier alpha value is -4.77. The lowest BCUT2D eigenvalue weighted by atomic mass is 9.73. The largest absolute Gasteiger partial charge is 0.355 e. The zero-order valence-corrected chi connectivity index (χ0v) is 32.4. The summed E-state index contributed by atoms with van der Waals surface area (Å²) >= 11 is 0. The van der Waals surface area contributed by atoms with Crippen molar-refractivity contribution in [3.05, 3.63) is 65.5 Å². The quantitative estimate of drug-likeness (QED) is 0.203. The summed E-state index contributed by atoms with van der Waals surface area (Å²) < 4.78 is 2.23. The van der Waals surface area contributed by atoms with Crippen LogP contribution in [0.5, 0.6) is 0 Å². The molecule has 55 heavy (non-hydrogen) atoms. The molecule has 0 bridgehead atoms. The Bertz CT molecular complexity index is 2220. The van der Waals surface area contributed by atoms with Crippen molar-refractivity contribution in [2.45, 2.75) is 108 Å².